The van der Waals surface area contributed by atoms with Gasteiger partial charge in [0.2, 0.25) is 0 Å². The van der Waals surface area contributed by atoms with Crippen LogP contribution in [-0.2, 0) is 19.4 Å². The van der Waals surface area contributed by atoms with Crippen molar-refractivity contribution in [2.24, 2.45) is 0 Å². The van der Waals surface area contributed by atoms with Gasteiger partial charge >= 0.3 is 0 Å². The summed E-state index contributed by atoms with van der Waals surface area (Å²) >= 11 is 11.5. The lowest BCUT2D eigenvalue weighted by molar-refractivity contribution is 0.409. The number of nitrogens with zero attached hydrogens (tertiary/aromatic N) is 1. The van der Waals surface area contributed by atoms with Crippen molar-refractivity contribution in [1.29, 1.82) is 0 Å². The molecule has 25 heavy (non-hydrogen) atoms. The first kappa shape index (κ1) is 18.0. The molecule has 0 amide bonds. The molecule has 1 aliphatic rings. The van der Waals surface area contributed by atoms with Gasteiger partial charge in [0.05, 0.1) is 7.11 Å². The van der Waals surface area contributed by atoms with E-state index in [9.17, 15) is 0 Å². The van der Waals surface area contributed by atoms with Crippen molar-refractivity contribution in [3.63, 3.8) is 0 Å². The van der Waals surface area contributed by atoms with Gasteiger partial charge in [-0.25, -0.2) is 0 Å². The molecule has 0 saturated heterocycles. The zero-order valence-electron chi connectivity index (χ0n) is 14.4. The number of hydrogen-bond acceptors (Lipinski definition) is 2. The Kier molecular flexibility index (Phi) is 6.16. The average molecular weight is 375 g/mol. The highest BCUT2D eigenvalue weighted by molar-refractivity contribution is 7.80. The summed E-state index contributed by atoms with van der Waals surface area (Å²) in [6.07, 6.45) is 3.09. The second-order valence-electron chi connectivity index (χ2n) is 6.27. The fraction of sp³-hybridized carbons (Fsp3) is 0.350. The van der Waals surface area contributed by atoms with Crippen molar-refractivity contribution >= 4 is 28.9 Å². The van der Waals surface area contributed by atoms with Gasteiger partial charge in [0.1, 0.15) is 5.75 Å². The smallest absolute Gasteiger partial charge is 0.169 e. The van der Waals surface area contributed by atoms with Gasteiger partial charge in [-0.1, -0.05) is 29.8 Å². The fourth-order valence-electron chi connectivity index (χ4n) is 3.11. The lowest BCUT2D eigenvalue weighted by Gasteiger charge is -2.24. The molecule has 0 aromatic heterocycles. The Bertz CT molecular complexity index is 733. The molecule has 0 unspecified atom stereocenters. The van der Waals surface area contributed by atoms with Gasteiger partial charge < -0.3 is 15.0 Å². The summed E-state index contributed by atoms with van der Waals surface area (Å²) in [6.45, 7) is 2.66. The van der Waals surface area contributed by atoms with Crippen LogP contribution in [0.4, 0.5) is 0 Å². The molecule has 0 radical (unpaired) electrons. The Labute approximate surface area is 159 Å². The monoisotopic (exact) mass is 374 g/mol. The number of halogens is 1. The van der Waals surface area contributed by atoms with E-state index in [1.807, 2.05) is 18.2 Å². The van der Waals surface area contributed by atoms with Gasteiger partial charge in [-0.05, 0) is 72.4 Å². The Morgan fingerprint density at radius 1 is 1.20 bits per heavy atom. The molecule has 1 aliphatic heterocycles. The van der Waals surface area contributed by atoms with Crippen LogP contribution in [0.15, 0.2) is 42.5 Å². The molecular formula is C20H23ClN2OS. The molecule has 2 aromatic carbocycles. The molecule has 1 heterocycles. The maximum absolute atomic E-state index is 5.92. The van der Waals surface area contributed by atoms with Crippen LogP contribution in [0.2, 0.25) is 5.02 Å². The Morgan fingerprint density at radius 3 is 2.76 bits per heavy atom. The number of aryl methyl sites for hydroxylation is 1. The molecule has 0 fully saturated rings. The molecule has 0 atom stereocenters. The minimum absolute atomic E-state index is 0.770. The predicted molar refractivity (Wildman–Crippen MR) is 107 cm³/mol. The third-order valence-electron chi connectivity index (χ3n) is 4.54. The highest BCUT2D eigenvalue weighted by atomic mass is 35.5. The number of thiocarbonyl (C=S) groups is 1. The van der Waals surface area contributed by atoms with Crippen molar-refractivity contribution in [3.05, 3.63) is 64.2 Å². The minimum Gasteiger partial charge on any atom is -0.497 e. The number of nitrogens with one attached hydrogen (secondary N) is 1. The molecule has 0 saturated carbocycles. The van der Waals surface area contributed by atoms with Gasteiger partial charge in [0, 0.05) is 24.7 Å². The van der Waals surface area contributed by atoms with E-state index in [0.717, 1.165) is 54.8 Å². The van der Waals surface area contributed by atoms with E-state index in [1.165, 1.54) is 16.7 Å². The normalized spacial score (nSPS) is 13.8. The quantitative estimate of drug-likeness (QED) is 0.810. The summed E-state index contributed by atoms with van der Waals surface area (Å²) < 4.78 is 5.34. The van der Waals surface area contributed by atoms with E-state index in [0.29, 0.717) is 0 Å². The van der Waals surface area contributed by atoms with Crippen LogP contribution in [0.1, 0.15) is 23.1 Å². The first-order valence-electron chi connectivity index (χ1n) is 8.59. The summed E-state index contributed by atoms with van der Waals surface area (Å²) in [4.78, 5) is 2.26. The number of ether oxygens (including phenoxy) is 1. The lowest BCUT2D eigenvalue weighted by atomic mass is 10.0. The Hall–Kier alpha value is -1.78. The molecule has 0 bridgehead atoms. The SMILES string of the molecule is COc1ccc2c(c1)CCCN(C(=S)NCCc1ccc(Cl)cc1)C2. The van der Waals surface area contributed by atoms with Gasteiger partial charge in [0.25, 0.3) is 0 Å². The van der Waals surface area contributed by atoms with Crippen LogP contribution < -0.4 is 10.1 Å². The number of methoxy groups -OCH3 is 1. The first-order valence-corrected chi connectivity index (χ1v) is 9.37. The lowest BCUT2D eigenvalue weighted by Crippen LogP contribution is -2.40. The van der Waals surface area contributed by atoms with E-state index in [1.54, 1.807) is 7.11 Å². The third-order valence-corrected chi connectivity index (χ3v) is 5.19. The standard InChI is InChI=1S/C20H23ClN2OS/c1-24-19-9-6-17-14-23(12-2-3-16(17)13-19)20(25)22-11-10-15-4-7-18(21)8-5-15/h4-9,13H,2-3,10-12,14H2,1H3,(H,22,25). The molecule has 1 N–H and O–H groups in total. The summed E-state index contributed by atoms with van der Waals surface area (Å²) in [5, 5.41) is 5.00. The third kappa shape index (κ3) is 4.86. The Balaban J connectivity index is 1.55. The maximum Gasteiger partial charge on any atom is 0.169 e. The fourth-order valence-corrected chi connectivity index (χ4v) is 3.50. The second kappa shape index (κ2) is 8.54. The molecule has 3 nitrogen and oxygen atoms in total. The van der Waals surface area contributed by atoms with Crippen molar-refractivity contribution in [2.45, 2.75) is 25.8 Å². The Morgan fingerprint density at radius 2 is 2.00 bits per heavy atom. The highest BCUT2D eigenvalue weighted by Crippen LogP contribution is 2.23. The maximum atomic E-state index is 5.92. The van der Waals surface area contributed by atoms with E-state index in [-0.39, 0.29) is 0 Å². The van der Waals surface area contributed by atoms with Gasteiger partial charge in [-0.3, -0.25) is 0 Å². The summed E-state index contributed by atoms with van der Waals surface area (Å²) in [5.41, 5.74) is 3.96. The zero-order valence-corrected chi connectivity index (χ0v) is 16.0. The van der Waals surface area contributed by atoms with Crippen molar-refractivity contribution in [2.75, 3.05) is 20.2 Å². The number of benzene rings is 2. The number of fused-ring (bicyclic) bond motifs is 1. The first-order chi connectivity index (χ1) is 12.2. The van der Waals surface area contributed by atoms with Gasteiger partial charge in [0.15, 0.2) is 5.11 Å². The molecule has 132 valence electrons. The predicted octanol–water partition coefficient (Wildman–Crippen LogP) is 4.21. The molecule has 2 aromatic rings. The van der Waals surface area contributed by atoms with Crippen molar-refractivity contribution in [1.82, 2.24) is 10.2 Å². The summed E-state index contributed by atoms with van der Waals surface area (Å²) in [7, 11) is 1.71. The van der Waals surface area contributed by atoms with E-state index in [4.69, 9.17) is 28.6 Å². The van der Waals surface area contributed by atoms with E-state index < -0.39 is 0 Å². The summed E-state index contributed by atoms with van der Waals surface area (Å²) in [5.74, 6) is 0.927. The van der Waals surface area contributed by atoms with Crippen LogP contribution in [0.5, 0.6) is 5.75 Å². The zero-order chi connectivity index (χ0) is 17.6. The van der Waals surface area contributed by atoms with Crippen LogP contribution in [0.25, 0.3) is 0 Å². The largest absolute Gasteiger partial charge is 0.497 e. The average Bonchev–Trinajstić information content (AvgIpc) is 2.85. The van der Waals surface area contributed by atoms with Crippen molar-refractivity contribution in [3.8, 4) is 5.75 Å². The highest BCUT2D eigenvalue weighted by Gasteiger charge is 2.17. The van der Waals surface area contributed by atoms with Crippen LogP contribution in [0.3, 0.4) is 0 Å². The summed E-state index contributed by atoms with van der Waals surface area (Å²) in [6, 6.07) is 14.3. The van der Waals surface area contributed by atoms with Gasteiger partial charge in [-0.15, -0.1) is 0 Å². The van der Waals surface area contributed by atoms with E-state index >= 15 is 0 Å². The molecule has 0 aliphatic carbocycles. The van der Waals surface area contributed by atoms with Crippen LogP contribution >= 0.6 is 23.8 Å². The van der Waals surface area contributed by atoms with E-state index in [2.05, 4.69) is 34.5 Å². The molecular weight excluding hydrogens is 352 g/mol. The molecule has 5 heteroatoms. The minimum atomic E-state index is 0.770. The molecule has 0 spiro atoms. The second-order valence-corrected chi connectivity index (χ2v) is 7.09. The number of hydrogen-bond donors (Lipinski definition) is 1. The van der Waals surface area contributed by atoms with Gasteiger partial charge in [-0.2, -0.15) is 0 Å². The van der Waals surface area contributed by atoms with Crippen LogP contribution in [0, 0.1) is 0 Å². The van der Waals surface area contributed by atoms with Crippen LogP contribution in [-0.4, -0.2) is 30.2 Å². The molecule has 3 rings (SSSR count). The van der Waals surface area contributed by atoms with Crippen molar-refractivity contribution < 1.29 is 4.74 Å². The topological polar surface area (TPSA) is 24.5 Å². The number of rotatable bonds is 4.